The Morgan fingerprint density at radius 2 is 0.850 bits per heavy atom. The molecule has 0 N–H and O–H groups in total. The van der Waals surface area contributed by atoms with Gasteiger partial charge in [-0.05, 0) is 23.6 Å². The standard InChI is InChI=1S/C30H29N9O/c1-2-40-30(27-21-37(34-31-27)18-24-12-6-3-7-13-24,28-22-38(35-32-28)19-25-14-8-4-9-15-25)29-23-39(36-33-29)20-26-16-10-5-11-17-26/h3-17,21-23H,2,18-20H2,1H3. The Bertz CT molecular complexity index is 1450. The molecule has 0 saturated carbocycles. The molecule has 0 bridgehead atoms. The van der Waals surface area contributed by atoms with Crippen molar-refractivity contribution in [2.24, 2.45) is 0 Å². The number of benzene rings is 3. The van der Waals surface area contributed by atoms with Crippen LogP contribution in [0.4, 0.5) is 0 Å². The second-order valence-electron chi connectivity index (χ2n) is 9.48. The van der Waals surface area contributed by atoms with E-state index in [4.69, 9.17) is 4.74 Å². The lowest BCUT2D eigenvalue weighted by Gasteiger charge is -2.27. The molecule has 0 radical (unpaired) electrons. The number of aromatic nitrogens is 9. The molecule has 0 unspecified atom stereocenters. The Labute approximate surface area is 231 Å². The number of ether oxygens (including phenoxy) is 1. The van der Waals surface area contributed by atoms with Gasteiger partial charge >= 0.3 is 0 Å². The van der Waals surface area contributed by atoms with Crippen molar-refractivity contribution >= 4 is 0 Å². The molecule has 0 atom stereocenters. The second kappa shape index (κ2) is 11.4. The fourth-order valence-electron chi connectivity index (χ4n) is 4.75. The first kappa shape index (κ1) is 25.3. The van der Waals surface area contributed by atoms with E-state index in [1.165, 1.54) is 0 Å². The fourth-order valence-corrected chi connectivity index (χ4v) is 4.75. The summed E-state index contributed by atoms with van der Waals surface area (Å²) >= 11 is 0. The molecule has 0 aliphatic heterocycles. The molecule has 40 heavy (non-hydrogen) atoms. The maximum atomic E-state index is 6.53. The van der Waals surface area contributed by atoms with Crippen molar-refractivity contribution in [1.82, 2.24) is 45.0 Å². The van der Waals surface area contributed by atoms with Gasteiger partial charge in [0, 0.05) is 6.61 Å². The van der Waals surface area contributed by atoms with Gasteiger partial charge in [-0.3, -0.25) is 0 Å². The number of rotatable bonds is 11. The third kappa shape index (κ3) is 5.29. The highest BCUT2D eigenvalue weighted by atomic mass is 16.5. The van der Waals surface area contributed by atoms with E-state index in [1.807, 2.05) is 80.1 Å². The van der Waals surface area contributed by atoms with Gasteiger partial charge in [0.25, 0.3) is 0 Å². The van der Waals surface area contributed by atoms with Gasteiger partial charge in [-0.2, -0.15) is 0 Å². The summed E-state index contributed by atoms with van der Waals surface area (Å²) in [4.78, 5) is 0. The number of hydrogen-bond donors (Lipinski definition) is 0. The monoisotopic (exact) mass is 531 g/mol. The van der Waals surface area contributed by atoms with Gasteiger partial charge in [-0.1, -0.05) is 107 Å². The van der Waals surface area contributed by atoms with Crippen molar-refractivity contribution in [2.75, 3.05) is 6.61 Å². The van der Waals surface area contributed by atoms with Crippen molar-refractivity contribution in [3.63, 3.8) is 0 Å². The average Bonchev–Trinajstić information content (AvgIpc) is 3.76. The van der Waals surface area contributed by atoms with Crippen molar-refractivity contribution in [3.05, 3.63) is 143 Å². The van der Waals surface area contributed by atoms with Crippen molar-refractivity contribution in [3.8, 4) is 0 Å². The second-order valence-corrected chi connectivity index (χ2v) is 9.48. The first-order valence-electron chi connectivity index (χ1n) is 13.2. The van der Waals surface area contributed by atoms with Crippen LogP contribution in [0.15, 0.2) is 110 Å². The van der Waals surface area contributed by atoms with E-state index in [2.05, 4.69) is 67.3 Å². The highest BCUT2D eigenvalue weighted by Crippen LogP contribution is 2.37. The number of hydrogen-bond acceptors (Lipinski definition) is 7. The molecule has 0 spiro atoms. The largest absolute Gasteiger partial charge is 0.356 e. The lowest BCUT2D eigenvalue weighted by Crippen LogP contribution is -2.34. The zero-order chi connectivity index (χ0) is 27.2. The third-order valence-corrected chi connectivity index (χ3v) is 6.62. The van der Waals surface area contributed by atoms with Crippen molar-refractivity contribution in [1.29, 1.82) is 0 Å². The molecule has 6 rings (SSSR count). The predicted octanol–water partition coefficient (Wildman–Crippen LogP) is 3.93. The molecule has 3 aromatic heterocycles. The van der Waals surface area contributed by atoms with Crippen LogP contribution < -0.4 is 0 Å². The van der Waals surface area contributed by atoms with Gasteiger partial charge < -0.3 is 4.74 Å². The SMILES string of the molecule is CCOC(c1cn(Cc2ccccc2)nn1)(c1cn(Cc2ccccc2)nn1)c1cn(Cc2ccccc2)nn1. The molecule has 0 saturated heterocycles. The van der Waals surface area contributed by atoms with E-state index in [1.54, 1.807) is 14.0 Å². The smallest absolute Gasteiger partial charge is 0.204 e. The molecule has 0 aliphatic carbocycles. The Morgan fingerprint density at radius 3 is 1.15 bits per heavy atom. The highest BCUT2D eigenvalue weighted by Gasteiger charge is 2.46. The summed E-state index contributed by atoms with van der Waals surface area (Å²) in [7, 11) is 0. The van der Waals surface area contributed by atoms with E-state index in [-0.39, 0.29) is 0 Å². The lowest BCUT2D eigenvalue weighted by molar-refractivity contribution is 0.0117. The van der Waals surface area contributed by atoms with E-state index < -0.39 is 5.60 Å². The molecule has 6 aromatic rings. The van der Waals surface area contributed by atoms with Crippen LogP contribution in [0.2, 0.25) is 0 Å². The van der Waals surface area contributed by atoms with E-state index >= 15 is 0 Å². The van der Waals surface area contributed by atoms with E-state index in [0.717, 1.165) is 16.7 Å². The molecule has 200 valence electrons. The van der Waals surface area contributed by atoms with Crippen LogP contribution in [-0.4, -0.2) is 51.6 Å². The van der Waals surface area contributed by atoms with Gasteiger partial charge in [-0.25, -0.2) is 14.0 Å². The van der Waals surface area contributed by atoms with Crippen LogP contribution in [0.5, 0.6) is 0 Å². The maximum Gasteiger partial charge on any atom is 0.204 e. The lowest BCUT2D eigenvalue weighted by atomic mass is 9.92. The van der Waals surface area contributed by atoms with E-state index in [0.29, 0.717) is 43.3 Å². The molecule has 0 fully saturated rings. The summed E-state index contributed by atoms with van der Waals surface area (Å²) in [5.41, 5.74) is 3.76. The summed E-state index contributed by atoms with van der Waals surface area (Å²) < 4.78 is 11.9. The molecule has 10 nitrogen and oxygen atoms in total. The minimum absolute atomic E-state index is 0.378. The first-order chi connectivity index (χ1) is 19.7. The van der Waals surface area contributed by atoms with Crippen LogP contribution in [0.25, 0.3) is 0 Å². The Kier molecular flexibility index (Phi) is 7.23. The molecular formula is C30H29N9O. The van der Waals surface area contributed by atoms with Crippen LogP contribution in [0, 0.1) is 0 Å². The Hall–Kier alpha value is -4.96. The van der Waals surface area contributed by atoms with Crippen molar-refractivity contribution in [2.45, 2.75) is 32.2 Å². The quantitative estimate of drug-likeness (QED) is 0.250. The predicted molar refractivity (Wildman–Crippen MR) is 148 cm³/mol. The summed E-state index contributed by atoms with van der Waals surface area (Å²) in [5.74, 6) is 0. The Morgan fingerprint density at radius 1 is 0.525 bits per heavy atom. The number of nitrogens with zero attached hydrogens (tertiary/aromatic N) is 9. The average molecular weight is 532 g/mol. The summed E-state index contributed by atoms with van der Waals surface area (Å²) in [5, 5.41) is 27.0. The van der Waals surface area contributed by atoms with Gasteiger partial charge in [0.05, 0.1) is 38.2 Å². The summed E-state index contributed by atoms with van der Waals surface area (Å²) in [6, 6.07) is 30.4. The highest BCUT2D eigenvalue weighted by molar-refractivity contribution is 5.36. The molecule has 3 aromatic carbocycles. The Balaban J connectivity index is 1.41. The fraction of sp³-hybridized carbons (Fsp3) is 0.200. The molecule has 10 heteroatoms. The van der Waals surface area contributed by atoms with Gasteiger partial charge in [0.1, 0.15) is 17.1 Å². The van der Waals surface area contributed by atoms with Crippen LogP contribution in [-0.2, 0) is 30.0 Å². The molecule has 3 heterocycles. The summed E-state index contributed by atoms with van der Waals surface area (Å²) in [6.45, 7) is 4.01. The maximum absolute atomic E-state index is 6.53. The molecule has 0 amide bonds. The van der Waals surface area contributed by atoms with Crippen molar-refractivity contribution < 1.29 is 4.74 Å². The van der Waals surface area contributed by atoms with Crippen LogP contribution >= 0.6 is 0 Å². The third-order valence-electron chi connectivity index (χ3n) is 6.62. The van der Waals surface area contributed by atoms with Crippen LogP contribution in [0.3, 0.4) is 0 Å². The zero-order valence-corrected chi connectivity index (χ0v) is 22.2. The first-order valence-corrected chi connectivity index (χ1v) is 13.2. The topological polar surface area (TPSA) is 101 Å². The minimum atomic E-state index is -1.26. The minimum Gasteiger partial charge on any atom is -0.356 e. The molecule has 0 aliphatic rings. The zero-order valence-electron chi connectivity index (χ0n) is 22.2. The van der Waals surface area contributed by atoms with Crippen LogP contribution in [0.1, 0.15) is 40.7 Å². The van der Waals surface area contributed by atoms with Gasteiger partial charge in [0.15, 0.2) is 0 Å². The molecular weight excluding hydrogens is 502 g/mol. The normalized spacial score (nSPS) is 11.6. The van der Waals surface area contributed by atoms with E-state index in [9.17, 15) is 0 Å². The summed E-state index contributed by atoms with van der Waals surface area (Å²) in [6.07, 6.45) is 5.65. The van der Waals surface area contributed by atoms with Gasteiger partial charge in [-0.15, -0.1) is 15.3 Å². The van der Waals surface area contributed by atoms with Gasteiger partial charge in [0.2, 0.25) is 5.60 Å².